The molecule has 0 radical (unpaired) electrons. The Balaban J connectivity index is 2.75. The molecule has 0 aromatic carbocycles. The molecule has 166 valence electrons. The van der Waals surface area contributed by atoms with E-state index in [4.69, 9.17) is 15.9 Å². The maximum Gasteiger partial charge on any atom is 0.326 e. The fraction of sp³-hybridized carbons (Fsp3) is 0.500. The standard InChI is InChI=1S/C16H24N6O8/c17-9(6-23)14(27)19-5-12(24)21-10(1-2-13(25)26)15(28)22-11(16(29)30)3-8-4-18-7-20-8/h4,7,9-11,23H,1-3,5-6,17H2,(H,18,20)(H,19,27)(H,21,24)(H,22,28)(H,25,26)(H,29,30). The Hall–Kier alpha value is -3.52. The van der Waals surface area contributed by atoms with Gasteiger partial charge in [0.1, 0.15) is 18.1 Å². The van der Waals surface area contributed by atoms with Crippen LogP contribution < -0.4 is 21.7 Å². The van der Waals surface area contributed by atoms with Gasteiger partial charge < -0.3 is 42.0 Å². The van der Waals surface area contributed by atoms with Crippen LogP contribution in [-0.4, -0.2) is 86.2 Å². The van der Waals surface area contributed by atoms with Crippen LogP contribution in [0.3, 0.4) is 0 Å². The lowest BCUT2D eigenvalue weighted by molar-refractivity contribution is -0.143. The Morgan fingerprint density at radius 1 is 1.10 bits per heavy atom. The smallest absolute Gasteiger partial charge is 0.326 e. The molecule has 30 heavy (non-hydrogen) atoms. The van der Waals surface area contributed by atoms with Gasteiger partial charge in [-0.2, -0.15) is 0 Å². The summed E-state index contributed by atoms with van der Waals surface area (Å²) in [5, 5.41) is 33.6. The predicted molar refractivity (Wildman–Crippen MR) is 98.7 cm³/mol. The summed E-state index contributed by atoms with van der Waals surface area (Å²) in [5.74, 6) is -5.11. The number of rotatable bonds is 13. The van der Waals surface area contributed by atoms with Crippen molar-refractivity contribution in [1.82, 2.24) is 25.9 Å². The Kier molecular flexibility index (Phi) is 9.91. The number of amides is 3. The number of aliphatic hydroxyl groups excluding tert-OH is 1. The Morgan fingerprint density at radius 2 is 1.80 bits per heavy atom. The zero-order valence-electron chi connectivity index (χ0n) is 15.8. The van der Waals surface area contributed by atoms with Gasteiger partial charge in [-0.3, -0.25) is 19.2 Å². The van der Waals surface area contributed by atoms with Gasteiger partial charge in [0.25, 0.3) is 0 Å². The van der Waals surface area contributed by atoms with Crippen LogP contribution in [0, 0.1) is 0 Å². The first-order chi connectivity index (χ1) is 14.1. The highest BCUT2D eigenvalue weighted by atomic mass is 16.4. The number of nitrogens with one attached hydrogen (secondary N) is 4. The van der Waals surface area contributed by atoms with Gasteiger partial charge in [0, 0.05) is 24.7 Å². The lowest BCUT2D eigenvalue weighted by Gasteiger charge is -2.21. The van der Waals surface area contributed by atoms with Crippen molar-refractivity contribution in [3.8, 4) is 0 Å². The van der Waals surface area contributed by atoms with Crippen LogP contribution in [0.15, 0.2) is 12.5 Å². The highest BCUT2D eigenvalue weighted by Gasteiger charge is 2.27. The quantitative estimate of drug-likeness (QED) is 0.153. The maximum absolute atomic E-state index is 12.5. The van der Waals surface area contributed by atoms with E-state index in [9.17, 15) is 29.1 Å². The third kappa shape index (κ3) is 8.66. The molecular weight excluding hydrogens is 404 g/mol. The van der Waals surface area contributed by atoms with Crippen LogP contribution in [0.25, 0.3) is 0 Å². The summed E-state index contributed by atoms with van der Waals surface area (Å²) >= 11 is 0. The number of carbonyl (C=O) groups excluding carboxylic acids is 3. The molecule has 14 nitrogen and oxygen atoms in total. The van der Waals surface area contributed by atoms with Gasteiger partial charge in [0.15, 0.2) is 0 Å². The Morgan fingerprint density at radius 3 is 2.33 bits per heavy atom. The molecule has 3 unspecified atom stereocenters. The van der Waals surface area contributed by atoms with Crippen LogP contribution >= 0.6 is 0 Å². The zero-order chi connectivity index (χ0) is 22.7. The topological polar surface area (TPSA) is 237 Å². The molecule has 3 amide bonds. The van der Waals surface area contributed by atoms with E-state index in [-0.39, 0.29) is 12.8 Å². The number of nitrogens with zero attached hydrogens (tertiary/aromatic N) is 1. The first-order valence-corrected chi connectivity index (χ1v) is 8.79. The fourth-order valence-corrected chi connectivity index (χ4v) is 2.25. The number of aromatic amines is 1. The van der Waals surface area contributed by atoms with E-state index in [1.165, 1.54) is 12.5 Å². The number of carboxylic acid groups (broad SMARTS) is 2. The highest BCUT2D eigenvalue weighted by molar-refractivity contribution is 5.92. The summed E-state index contributed by atoms with van der Waals surface area (Å²) in [6.07, 6.45) is 1.82. The van der Waals surface area contributed by atoms with Crippen molar-refractivity contribution in [1.29, 1.82) is 0 Å². The minimum Gasteiger partial charge on any atom is -0.481 e. The molecule has 0 fully saturated rings. The fourth-order valence-electron chi connectivity index (χ4n) is 2.25. The lowest BCUT2D eigenvalue weighted by Crippen LogP contribution is -2.54. The van der Waals surface area contributed by atoms with Gasteiger partial charge in [-0.05, 0) is 6.42 Å². The predicted octanol–water partition coefficient (Wildman–Crippen LogP) is -3.69. The SMILES string of the molecule is NC(CO)C(=O)NCC(=O)NC(CCC(=O)O)C(=O)NC(Cc1cnc[nH]1)C(=O)O. The second-order valence-electron chi connectivity index (χ2n) is 6.24. The van der Waals surface area contributed by atoms with Gasteiger partial charge in [-0.1, -0.05) is 0 Å². The Bertz CT molecular complexity index is 753. The van der Waals surface area contributed by atoms with Crippen molar-refractivity contribution in [3.05, 3.63) is 18.2 Å². The molecule has 0 saturated heterocycles. The number of H-pyrrole nitrogens is 1. The van der Waals surface area contributed by atoms with Gasteiger partial charge in [0.2, 0.25) is 17.7 Å². The van der Waals surface area contributed by atoms with Crippen molar-refractivity contribution in [2.75, 3.05) is 13.2 Å². The number of aromatic nitrogens is 2. The third-order valence-corrected chi connectivity index (χ3v) is 3.85. The van der Waals surface area contributed by atoms with E-state index in [1.54, 1.807) is 0 Å². The molecule has 0 aliphatic rings. The van der Waals surface area contributed by atoms with Crippen LogP contribution in [0.2, 0.25) is 0 Å². The summed E-state index contributed by atoms with van der Waals surface area (Å²) in [4.78, 5) is 64.7. The van der Waals surface area contributed by atoms with Crippen LogP contribution in [0.4, 0.5) is 0 Å². The van der Waals surface area contributed by atoms with E-state index < -0.39 is 67.4 Å². The summed E-state index contributed by atoms with van der Waals surface area (Å²) in [5.41, 5.74) is 5.73. The largest absolute Gasteiger partial charge is 0.481 e. The number of carbonyl (C=O) groups is 5. The number of carboxylic acids is 2. The molecule has 0 spiro atoms. The number of aliphatic hydroxyl groups is 1. The minimum absolute atomic E-state index is 0.115. The summed E-state index contributed by atoms with van der Waals surface area (Å²) in [6, 6.07) is -3.95. The average Bonchev–Trinajstić information content (AvgIpc) is 3.20. The molecule has 1 aromatic rings. The normalized spacial score (nSPS) is 13.5. The highest BCUT2D eigenvalue weighted by Crippen LogP contribution is 2.03. The molecular formula is C16H24N6O8. The molecule has 0 saturated carbocycles. The molecule has 0 bridgehead atoms. The molecule has 3 atom stereocenters. The monoisotopic (exact) mass is 428 g/mol. The maximum atomic E-state index is 12.5. The molecule has 9 N–H and O–H groups in total. The third-order valence-electron chi connectivity index (χ3n) is 3.85. The van der Waals surface area contributed by atoms with Crippen LogP contribution in [0.5, 0.6) is 0 Å². The first kappa shape index (κ1) is 24.5. The summed E-state index contributed by atoms with van der Waals surface area (Å²) in [6.45, 7) is -1.22. The molecule has 1 heterocycles. The molecule has 1 rings (SSSR count). The molecule has 1 aromatic heterocycles. The van der Waals surface area contributed by atoms with Crippen molar-refractivity contribution >= 4 is 29.7 Å². The number of aliphatic carboxylic acids is 2. The number of hydrogen-bond acceptors (Lipinski definition) is 8. The average molecular weight is 428 g/mol. The van der Waals surface area contributed by atoms with E-state index in [1.807, 2.05) is 0 Å². The van der Waals surface area contributed by atoms with Crippen molar-refractivity contribution in [2.45, 2.75) is 37.4 Å². The Labute approximate surface area is 170 Å². The van der Waals surface area contributed by atoms with E-state index in [0.29, 0.717) is 5.69 Å². The molecule has 0 aliphatic carbocycles. The van der Waals surface area contributed by atoms with E-state index >= 15 is 0 Å². The van der Waals surface area contributed by atoms with Gasteiger partial charge in [-0.25, -0.2) is 9.78 Å². The second-order valence-corrected chi connectivity index (χ2v) is 6.24. The number of imidazole rings is 1. The van der Waals surface area contributed by atoms with Crippen LogP contribution in [0.1, 0.15) is 18.5 Å². The van der Waals surface area contributed by atoms with E-state index in [2.05, 4.69) is 25.9 Å². The molecule has 0 aliphatic heterocycles. The zero-order valence-corrected chi connectivity index (χ0v) is 15.8. The van der Waals surface area contributed by atoms with Crippen molar-refractivity contribution in [3.63, 3.8) is 0 Å². The molecule has 14 heteroatoms. The summed E-state index contributed by atoms with van der Waals surface area (Å²) in [7, 11) is 0. The first-order valence-electron chi connectivity index (χ1n) is 8.79. The van der Waals surface area contributed by atoms with Crippen molar-refractivity contribution in [2.24, 2.45) is 5.73 Å². The van der Waals surface area contributed by atoms with Gasteiger partial charge in [0.05, 0.1) is 19.5 Å². The lowest BCUT2D eigenvalue weighted by atomic mass is 10.1. The van der Waals surface area contributed by atoms with Gasteiger partial charge in [-0.15, -0.1) is 0 Å². The van der Waals surface area contributed by atoms with Crippen LogP contribution in [-0.2, 0) is 30.4 Å². The second kappa shape index (κ2) is 12.1. The van der Waals surface area contributed by atoms with Crippen molar-refractivity contribution < 1.29 is 39.3 Å². The summed E-state index contributed by atoms with van der Waals surface area (Å²) < 4.78 is 0. The van der Waals surface area contributed by atoms with E-state index in [0.717, 1.165) is 0 Å². The number of nitrogens with two attached hydrogens (primary N) is 1. The minimum atomic E-state index is -1.36. The van der Waals surface area contributed by atoms with Gasteiger partial charge >= 0.3 is 11.9 Å². The number of hydrogen-bond donors (Lipinski definition) is 8.